The maximum absolute atomic E-state index is 6.05. The Morgan fingerprint density at radius 3 is 2.26 bits per heavy atom. The Hall–Kier alpha value is -1.97. The summed E-state index contributed by atoms with van der Waals surface area (Å²) >= 11 is 0. The molecule has 0 aliphatic rings. The van der Waals surface area contributed by atoms with Gasteiger partial charge in [0.15, 0.2) is 5.82 Å². The summed E-state index contributed by atoms with van der Waals surface area (Å²) in [5, 5.41) is 4.29. The van der Waals surface area contributed by atoms with Crippen molar-refractivity contribution >= 4 is 5.82 Å². The minimum atomic E-state index is 0.576. The van der Waals surface area contributed by atoms with Gasteiger partial charge in [0.2, 0.25) is 0 Å². The van der Waals surface area contributed by atoms with Gasteiger partial charge in [-0.1, -0.05) is 0 Å². The van der Waals surface area contributed by atoms with E-state index in [2.05, 4.69) is 31.9 Å². The molecule has 102 valence electrons. The first-order valence-electron chi connectivity index (χ1n) is 6.32. The molecule has 0 atom stereocenters. The van der Waals surface area contributed by atoms with E-state index in [0.717, 1.165) is 33.7 Å². The predicted molar refractivity (Wildman–Crippen MR) is 78.6 cm³/mol. The fourth-order valence-corrected chi connectivity index (χ4v) is 2.60. The molecule has 19 heavy (non-hydrogen) atoms. The number of hydrogen-bond donors (Lipinski definition) is 1. The fourth-order valence-electron chi connectivity index (χ4n) is 2.60. The third-order valence-corrected chi connectivity index (χ3v) is 3.86. The second kappa shape index (κ2) is 4.61. The number of methoxy groups -OCH3 is 1. The van der Waals surface area contributed by atoms with Crippen molar-refractivity contribution in [2.24, 2.45) is 7.05 Å². The second-order valence-electron chi connectivity index (χ2n) is 4.99. The van der Waals surface area contributed by atoms with Gasteiger partial charge in [-0.25, -0.2) is 0 Å². The summed E-state index contributed by atoms with van der Waals surface area (Å²) in [4.78, 5) is 0. The number of nitrogens with two attached hydrogens (primary N) is 1. The average Bonchev–Trinajstić information content (AvgIpc) is 2.59. The maximum Gasteiger partial charge on any atom is 0.153 e. The first kappa shape index (κ1) is 13.5. The predicted octanol–water partition coefficient (Wildman–Crippen LogP) is 2.91. The second-order valence-corrected chi connectivity index (χ2v) is 4.99. The quantitative estimate of drug-likeness (QED) is 0.902. The minimum absolute atomic E-state index is 0.576. The van der Waals surface area contributed by atoms with Gasteiger partial charge in [0.05, 0.1) is 7.11 Å². The number of aromatic nitrogens is 2. The number of benzene rings is 1. The van der Waals surface area contributed by atoms with E-state index in [0.29, 0.717) is 5.82 Å². The molecule has 0 saturated heterocycles. The zero-order valence-electron chi connectivity index (χ0n) is 12.5. The van der Waals surface area contributed by atoms with Crippen LogP contribution >= 0.6 is 0 Å². The molecular formula is C15H21N3O. The Morgan fingerprint density at radius 1 is 1.16 bits per heavy atom. The Labute approximate surface area is 114 Å². The molecule has 0 unspecified atom stereocenters. The molecule has 0 aliphatic carbocycles. The summed E-state index contributed by atoms with van der Waals surface area (Å²) in [6, 6.07) is 2.13. The van der Waals surface area contributed by atoms with Crippen LogP contribution in [0.15, 0.2) is 6.07 Å². The third-order valence-electron chi connectivity index (χ3n) is 3.86. The van der Waals surface area contributed by atoms with Crippen LogP contribution in [0.4, 0.5) is 5.82 Å². The molecule has 2 aromatic rings. The molecule has 4 heteroatoms. The van der Waals surface area contributed by atoms with Crippen LogP contribution in [-0.2, 0) is 7.05 Å². The highest BCUT2D eigenvalue weighted by atomic mass is 16.5. The van der Waals surface area contributed by atoms with Crippen molar-refractivity contribution in [2.75, 3.05) is 12.8 Å². The molecule has 2 N–H and O–H groups in total. The summed E-state index contributed by atoms with van der Waals surface area (Å²) < 4.78 is 7.28. The number of anilines is 1. The van der Waals surface area contributed by atoms with Gasteiger partial charge in [-0.2, -0.15) is 5.10 Å². The average molecular weight is 259 g/mol. The van der Waals surface area contributed by atoms with E-state index in [9.17, 15) is 0 Å². The standard InChI is InChI=1S/C15H21N3O/c1-8-7-12(9(2)10(3)14(8)19-6)13-11(4)18(5)17-15(13)16/h7H,1-6H3,(H2,16,17). The van der Waals surface area contributed by atoms with Gasteiger partial charge >= 0.3 is 0 Å². The van der Waals surface area contributed by atoms with Crippen molar-refractivity contribution in [1.29, 1.82) is 0 Å². The number of nitrogen functional groups attached to an aromatic ring is 1. The monoisotopic (exact) mass is 259 g/mol. The summed E-state index contributed by atoms with van der Waals surface area (Å²) in [6.07, 6.45) is 0. The Bertz CT molecular complexity index is 642. The van der Waals surface area contributed by atoms with Gasteiger partial charge in [0.1, 0.15) is 5.75 Å². The molecule has 1 aromatic heterocycles. The maximum atomic E-state index is 6.05. The van der Waals surface area contributed by atoms with Crippen molar-refractivity contribution in [1.82, 2.24) is 9.78 Å². The van der Waals surface area contributed by atoms with E-state index in [1.807, 2.05) is 18.7 Å². The summed E-state index contributed by atoms with van der Waals surface area (Å²) in [7, 11) is 3.62. The third kappa shape index (κ3) is 1.97. The summed E-state index contributed by atoms with van der Waals surface area (Å²) in [5.41, 5.74) is 12.7. The molecule has 4 nitrogen and oxygen atoms in total. The largest absolute Gasteiger partial charge is 0.496 e. The van der Waals surface area contributed by atoms with Gasteiger partial charge in [-0.15, -0.1) is 0 Å². The Morgan fingerprint density at radius 2 is 1.79 bits per heavy atom. The summed E-state index contributed by atoms with van der Waals surface area (Å²) in [5.74, 6) is 1.52. The highest BCUT2D eigenvalue weighted by Crippen LogP contribution is 2.37. The SMILES string of the molecule is COc1c(C)cc(-c2c(N)nn(C)c2C)c(C)c1C. The van der Waals surface area contributed by atoms with Gasteiger partial charge < -0.3 is 10.5 Å². The molecule has 0 amide bonds. The van der Waals surface area contributed by atoms with Gasteiger partial charge in [-0.3, -0.25) is 4.68 Å². The van der Waals surface area contributed by atoms with Crippen molar-refractivity contribution in [3.8, 4) is 16.9 Å². The molecule has 0 spiro atoms. The first-order valence-corrected chi connectivity index (χ1v) is 6.32. The molecule has 1 heterocycles. The molecule has 0 aliphatic heterocycles. The lowest BCUT2D eigenvalue weighted by Gasteiger charge is -2.16. The van der Waals surface area contributed by atoms with E-state index in [-0.39, 0.29) is 0 Å². The van der Waals surface area contributed by atoms with Crippen LogP contribution in [0.2, 0.25) is 0 Å². The number of ether oxygens (including phenoxy) is 1. The highest BCUT2D eigenvalue weighted by molar-refractivity contribution is 5.80. The summed E-state index contributed by atoms with van der Waals surface area (Å²) in [6.45, 7) is 8.26. The Balaban J connectivity index is 2.77. The van der Waals surface area contributed by atoms with Crippen molar-refractivity contribution < 1.29 is 4.74 Å². The molecule has 0 saturated carbocycles. The normalized spacial score (nSPS) is 10.8. The van der Waals surface area contributed by atoms with Gasteiger partial charge in [-0.05, 0) is 56.0 Å². The highest BCUT2D eigenvalue weighted by Gasteiger charge is 2.18. The zero-order valence-corrected chi connectivity index (χ0v) is 12.5. The smallest absolute Gasteiger partial charge is 0.153 e. The van der Waals surface area contributed by atoms with Crippen molar-refractivity contribution in [3.05, 3.63) is 28.5 Å². The molecule has 0 bridgehead atoms. The molecule has 2 rings (SSSR count). The van der Waals surface area contributed by atoms with Crippen molar-refractivity contribution in [3.63, 3.8) is 0 Å². The molecule has 1 aromatic carbocycles. The molecular weight excluding hydrogens is 238 g/mol. The van der Waals surface area contributed by atoms with Gasteiger partial charge in [0, 0.05) is 18.3 Å². The molecule has 0 radical (unpaired) electrons. The first-order chi connectivity index (χ1) is 8.88. The van der Waals surface area contributed by atoms with Crippen LogP contribution in [0.1, 0.15) is 22.4 Å². The number of hydrogen-bond acceptors (Lipinski definition) is 3. The van der Waals surface area contributed by atoms with Crippen molar-refractivity contribution in [2.45, 2.75) is 27.7 Å². The van der Waals surface area contributed by atoms with Crippen LogP contribution in [0.5, 0.6) is 5.75 Å². The Kier molecular flexibility index (Phi) is 3.27. The number of rotatable bonds is 2. The zero-order chi connectivity index (χ0) is 14.3. The van der Waals surface area contributed by atoms with Crippen LogP contribution in [-0.4, -0.2) is 16.9 Å². The lowest BCUT2D eigenvalue weighted by molar-refractivity contribution is 0.408. The van der Waals surface area contributed by atoms with E-state index in [1.165, 1.54) is 5.56 Å². The van der Waals surface area contributed by atoms with Crippen LogP contribution in [0.3, 0.4) is 0 Å². The lowest BCUT2D eigenvalue weighted by Crippen LogP contribution is -1.98. The number of nitrogens with zero attached hydrogens (tertiary/aromatic N) is 2. The van der Waals surface area contributed by atoms with E-state index in [4.69, 9.17) is 10.5 Å². The minimum Gasteiger partial charge on any atom is -0.496 e. The lowest BCUT2D eigenvalue weighted by atomic mass is 9.93. The van der Waals surface area contributed by atoms with E-state index in [1.54, 1.807) is 7.11 Å². The fraction of sp³-hybridized carbons (Fsp3) is 0.400. The van der Waals surface area contributed by atoms with Crippen LogP contribution in [0.25, 0.3) is 11.1 Å². The van der Waals surface area contributed by atoms with Crippen LogP contribution < -0.4 is 10.5 Å². The van der Waals surface area contributed by atoms with E-state index < -0.39 is 0 Å². The topological polar surface area (TPSA) is 53.1 Å². The number of aryl methyl sites for hydroxylation is 2. The van der Waals surface area contributed by atoms with E-state index >= 15 is 0 Å². The van der Waals surface area contributed by atoms with Crippen LogP contribution in [0, 0.1) is 27.7 Å². The van der Waals surface area contributed by atoms with Gasteiger partial charge in [0.25, 0.3) is 0 Å². The molecule has 0 fully saturated rings.